The number of fused-ring (bicyclic) bond motifs is 1. The second kappa shape index (κ2) is 7.03. The second-order valence-corrected chi connectivity index (χ2v) is 8.37. The van der Waals surface area contributed by atoms with Gasteiger partial charge in [0.15, 0.2) is 0 Å². The summed E-state index contributed by atoms with van der Waals surface area (Å²) in [6, 6.07) is 8.61. The topological polar surface area (TPSA) is 25.2 Å². The smallest absolute Gasteiger partial charge is 0.289 e. The molecule has 0 saturated carbocycles. The highest BCUT2D eigenvalue weighted by Gasteiger charge is 2.27. The third-order valence-corrected chi connectivity index (χ3v) is 6.83. The van der Waals surface area contributed by atoms with Crippen LogP contribution in [0.15, 0.2) is 29.1 Å². The molecule has 1 unspecified atom stereocenters. The summed E-state index contributed by atoms with van der Waals surface area (Å²) in [4.78, 5) is 16.5. The Hall–Kier alpha value is -1.10. The quantitative estimate of drug-likeness (QED) is 0.817. The average molecular weight is 363 g/mol. The second-order valence-electron chi connectivity index (χ2n) is 6.92. The van der Waals surface area contributed by atoms with E-state index in [1.165, 1.54) is 53.2 Å². The van der Waals surface area contributed by atoms with Gasteiger partial charge < -0.3 is 0 Å². The summed E-state index contributed by atoms with van der Waals surface area (Å²) in [5.74, 6) is 0. The molecule has 0 spiro atoms. The molecule has 24 heavy (non-hydrogen) atoms. The minimum absolute atomic E-state index is 0.227. The first-order chi connectivity index (χ1) is 11.7. The lowest BCUT2D eigenvalue weighted by Crippen LogP contribution is -2.36. The predicted molar refractivity (Wildman–Crippen MR) is 100 cm³/mol. The molecule has 0 amide bonds. The van der Waals surface area contributed by atoms with Gasteiger partial charge in [-0.1, -0.05) is 41.1 Å². The maximum atomic E-state index is 12.4. The highest BCUT2D eigenvalue weighted by molar-refractivity contribution is 7.09. The van der Waals surface area contributed by atoms with Crippen LogP contribution in [0, 0.1) is 0 Å². The van der Waals surface area contributed by atoms with Crippen LogP contribution in [0.4, 0.5) is 0 Å². The normalized spacial score (nSPS) is 21.1. The van der Waals surface area contributed by atoms with E-state index < -0.39 is 0 Å². The van der Waals surface area contributed by atoms with Crippen LogP contribution in [-0.4, -0.2) is 22.1 Å². The molecule has 1 aromatic carbocycles. The minimum atomic E-state index is 0.227. The number of aromatic nitrogens is 1. The SMILES string of the molecule is O=c1sc2c(n1CN1CCCC1Cc1ccccc1Cl)CCCC2. The molecule has 4 rings (SSSR count). The fourth-order valence-electron chi connectivity index (χ4n) is 4.08. The predicted octanol–water partition coefficient (Wildman–Crippen LogP) is 4.11. The number of rotatable bonds is 4. The summed E-state index contributed by atoms with van der Waals surface area (Å²) in [6.45, 7) is 1.83. The standard InChI is InChI=1S/C19H23ClN2OS/c20-16-8-2-1-6-14(16)12-15-7-5-11-21(15)13-22-17-9-3-4-10-18(17)24-19(22)23/h1-2,6,8,15H,3-5,7,9-13H2. The van der Waals surface area contributed by atoms with Crippen molar-refractivity contribution in [2.75, 3.05) is 6.54 Å². The summed E-state index contributed by atoms with van der Waals surface area (Å²) >= 11 is 7.81. The molecule has 1 aliphatic heterocycles. The number of likely N-dealkylation sites (tertiary alicyclic amines) is 1. The van der Waals surface area contributed by atoms with E-state index in [-0.39, 0.29) is 4.87 Å². The van der Waals surface area contributed by atoms with E-state index in [2.05, 4.69) is 17.0 Å². The van der Waals surface area contributed by atoms with Crippen LogP contribution >= 0.6 is 22.9 Å². The van der Waals surface area contributed by atoms with Gasteiger partial charge in [0.1, 0.15) is 0 Å². The van der Waals surface area contributed by atoms with E-state index in [1.807, 2.05) is 16.7 Å². The lowest BCUT2D eigenvalue weighted by molar-refractivity contribution is 0.195. The van der Waals surface area contributed by atoms with E-state index >= 15 is 0 Å². The van der Waals surface area contributed by atoms with Crippen LogP contribution in [0.2, 0.25) is 5.02 Å². The van der Waals surface area contributed by atoms with Crippen LogP contribution in [0.25, 0.3) is 0 Å². The van der Waals surface area contributed by atoms with Crippen LogP contribution in [-0.2, 0) is 25.9 Å². The Morgan fingerprint density at radius 3 is 2.88 bits per heavy atom. The minimum Gasteiger partial charge on any atom is -0.289 e. The Kier molecular flexibility index (Phi) is 4.79. The van der Waals surface area contributed by atoms with Crippen LogP contribution in [0.3, 0.4) is 0 Å². The molecule has 1 fully saturated rings. The van der Waals surface area contributed by atoms with Crippen molar-refractivity contribution in [3.05, 3.63) is 55.1 Å². The van der Waals surface area contributed by atoms with E-state index in [9.17, 15) is 4.79 Å². The molecule has 2 heterocycles. The molecule has 2 aromatic rings. The fourth-order valence-corrected chi connectivity index (χ4v) is 5.36. The first-order valence-electron chi connectivity index (χ1n) is 8.91. The molecule has 2 aliphatic rings. The molecule has 1 atom stereocenters. The largest absolute Gasteiger partial charge is 0.308 e. The van der Waals surface area contributed by atoms with Gasteiger partial charge >= 0.3 is 4.87 Å². The molecule has 0 N–H and O–H groups in total. The van der Waals surface area contributed by atoms with Gasteiger partial charge in [-0.3, -0.25) is 14.3 Å². The Balaban J connectivity index is 1.53. The average Bonchev–Trinajstić information content (AvgIpc) is 3.15. The molecule has 128 valence electrons. The molecule has 5 heteroatoms. The number of thiazole rings is 1. The van der Waals surface area contributed by atoms with E-state index in [1.54, 1.807) is 0 Å². The highest BCUT2D eigenvalue weighted by Crippen LogP contribution is 2.27. The molecule has 1 aliphatic carbocycles. The van der Waals surface area contributed by atoms with Crippen molar-refractivity contribution >= 4 is 22.9 Å². The monoisotopic (exact) mass is 362 g/mol. The third-order valence-electron chi connectivity index (χ3n) is 5.38. The summed E-state index contributed by atoms with van der Waals surface area (Å²) < 4.78 is 2.05. The summed E-state index contributed by atoms with van der Waals surface area (Å²) in [5, 5.41) is 0.856. The Bertz CT molecular complexity index is 782. The molecule has 1 aromatic heterocycles. The first-order valence-corrected chi connectivity index (χ1v) is 10.1. The Morgan fingerprint density at radius 1 is 1.17 bits per heavy atom. The van der Waals surface area contributed by atoms with Gasteiger partial charge in [0.05, 0.1) is 6.67 Å². The van der Waals surface area contributed by atoms with Gasteiger partial charge in [-0.2, -0.15) is 0 Å². The van der Waals surface area contributed by atoms with Gasteiger partial charge in [-0.05, 0) is 56.6 Å². The fraction of sp³-hybridized carbons (Fsp3) is 0.526. The van der Waals surface area contributed by atoms with Crippen LogP contribution in [0.5, 0.6) is 0 Å². The molecule has 3 nitrogen and oxygen atoms in total. The Labute approximate surface area is 151 Å². The number of halogens is 1. The van der Waals surface area contributed by atoms with E-state index in [0.29, 0.717) is 6.04 Å². The molecule has 0 bridgehead atoms. The van der Waals surface area contributed by atoms with Crippen molar-refractivity contribution < 1.29 is 0 Å². The molecular weight excluding hydrogens is 340 g/mol. The Morgan fingerprint density at radius 2 is 2.00 bits per heavy atom. The molecule has 1 saturated heterocycles. The van der Waals surface area contributed by atoms with Crippen molar-refractivity contribution in [1.82, 2.24) is 9.47 Å². The summed E-state index contributed by atoms with van der Waals surface area (Å²) in [5.41, 5.74) is 2.52. The number of aryl methyl sites for hydroxylation is 1. The van der Waals surface area contributed by atoms with Crippen molar-refractivity contribution in [2.24, 2.45) is 0 Å². The number of hydrogen-bond acceptors (Lipinski definition) is 3. The van der Waals surface area contributed by atoms with Gasteiger partial charge in [0, 0.05) is 28.2 Å². The van der Waals surface area contributed by atoms with E-state index in [4.69, 9.17) is 11.6 Å². The van der Waals surface area contributed by atoms with Crippen molar-refractivity contribution in [3.8, 4) is 0 Å². The zero-order valence-corrected chi connectivity index (χ0v) is 15.4. The lowest BCUT2D eigenvalue weighted by Gasteiger charge is -2.26. The zero-order chi connectivity index (χ0) is 16.5. The van der Waals surface area contributed by atoms with Crippen molar-refractivity contribution in [2.45, 2.75) is 57.7 Å². The maximum absolute atomic E-state index is 12.4. The van der Waals surface area contributed by atoms with Gasteiger partial charge in [0.2, 0.25) is 0 Å². The van der Waals surface area contributed by atoms with E-state index in [0.717, 1.165) is 37.5 Å². The third kappa shape index (κ3) is 3.19. The van der Waals surface area contributed by atoms with Crippen LogP contribution in [0.1, 0.15) is 41.8 Å². The summed E-state index contributed by atoms with van der Waals surface area (Å²) in [6.07, 6.45) is 7.96. The van der Waals surface area contributed by atoms with Gasteiger partial charge in [0.25, 0.3) is 0 Å². The molecule has 0 radical (unpaired) electrons. The summed E-state index contributed by atoms with van der Waals surface area (Å²) in [7, 11) is 0. The molecular formula is C19H23ClN2OS. The van der Waals surface area contributed by atoms with Gasteiger partial charge in [-0.15, -0.1) is 0 Å². The lowest BCUT2D eigenvalue weighted by atomic mass is 10.0. The van der Waals surface area contributed by atoms with Crippen LogP contribution < -0.4 is 4.87 Å². The number of hydrogen-bond donors (Lipinski definition) is 0. The highest BCUT2D eigenvalue weighted by atomic mass is 35.5. The van der Waals surface area contributed by atoms with Crippen molar-refractivity contribution in [3.63, 3.8) is 0 Å². The number of benzene rings is 1. The number of nitrogens with zero attached hydrogens (tertiary/aromatic N) is 2. The first kappa shape index (κ1) is 16.4. The van der Waals surface area contributed by atoms with Gasteiger partial charge in [-0.25, -0.2) is 0 Å². The maximum Gasteiger partial charge on any atom is 0.308 e. The van der Waals surface area contributed by atoms with Crippen molar-refractivity contribution in [1.29, 1.82) is 0 Å². The zero-order valence-electron chi connectivity index (χ0n) is 13.8.